The van der Waals surface area contributed by atoms with Crippen LogP contribution in [0.2, 0.25) is 0 Å². The second-order valence-electron chi connectivity index (χ2n) is 5.82. The van der Waals surface area contributed by atoms with Crippen molar-refractivity contribution >= 4 is 5.84 Å². The zero-order chi connectivity index (χ0) is 16.3. The van der Waals surface area contributed by atoms with Crippen LogP contribution in [0.15, 0.2) is 29.3 Å². The van der Waals surface area contributed by atoms with Crippen LogP contribution in [-0.2, 0) is 9.47 Å². The molecule has 7 heteroatoms. The van der Waals surface area contributed by atoms with Gasteiger partial charge in [0.1, 0.15) is 17.0 Å². The van der Waals surface area contributed by atoms with Crippen LogP contribution in [0.1, 0.15) is 11.5 Å². The van der Waals surface area contributed by atoms with Crippen LogP contribution in [0.5, 0.6) is 5.75 Å². The van der Waals surface area contributed by atoms with Crippen LogP contribution in [0.3, 0.4) is 0 Å². The molecular weight excluding hydrogens is 296 g/mol. The summed E-state index contributed by atoms with van der Waals surface area (Å²) >= 11 is 0. The van der Waals surface area contributed by atoms with E-state index in [0.29, 0.717) is 19.0 Å². The molecule has 23 heavy (non-hydrogen) atoms. The second kappa shape index (κ2) is 4.23. The Kier molecular flexibility index (Phi) is 2.57. The number of aliphatic imine (C=N–C) groups is 1. The average Bonchev–Trinajstić information content (AvgIpc) is 2.83. The van der Waals surface area contributed by atoms with E-state index in [-0.39, 0.29) is 5.84 Å². The molecule has 0 aromatic heterocycles. The molecule has 1 spiro atoms. The highest BCUT2D eigenvalue weighted by Crippen LogP contribution is 2.82. The average molecular weight is 310 g/mol. The molecule has 0 radical (unpaired) electrons. The molecule has 0 unspecified atom stereocenters. The van der Waals surface area contributed by atoms with Gasteiger partial charge in [0.15, 0.2) is 5.41 Å². The summed E-state index contributed by atoms with van der Waals surface area (Å²) in [6.45, 7) is 0.633. The number of rotatable bonds is 2. The summed E-state index contributed by atoms with van der Waals surface area (Å²) in [5.74, 6) is -1.14. The van der Waals surface area contributed by atoms with E-state index >= 15 is 0 Å². The fraction of sp³-hybridized carbons (Fsp3) is 0.438. The fourth-order valence-corrected chi connectivity index (χ4v) is 4.01. The standard InChI is InChI=1S/C16H14N4O3/c1-21-11-4-2-10(3-5-11)12-14(8-17)13(19)20-16(15(12,14)9-18)22-6-7-23-16/h2-5,12H,6-7H2,1H3,(H2,19,20)/t12-,14-,15-/m1/s1. The van der Waals surface area contributed by atoms with Crippen molar-refractivity contribution in [2.75, 3.05) is 20.3 Å². The minimum atomic E-state index is -1.48. The third kappa shape index (κ3) is 1.29. The Labute approximate surface area is 132 Å². The number of benzene rings is 1. The van der Waals surface area contributed by atoms with Gasteiger partial charge in [-0.1, -0.05) is 12.1 Å². The van der Waals surface area contributed by atoms with E-state index in [2.05, 4.69) is 17.1 Å². The first kappa shape index (κ1) is 14.0. The van der Waals surface area contributed by atoms with Gasteiger partial charge in [0, 0.05) is 5.92 Å². The highest BCUT2D eigenvalue weighted by Gasteiger charge is 2.94. The van der Waals surface area contributed by atoms with Crippen molar-refractivity contribution in [1.29, 1.82) is 10.5 Å². The van der Waals surface area contributed by atoms with Crippen LogP contribution >= 0.6 is 0 Å². The largest absolute Gasteiger partial charge is 0.497 e. The highest BCUT2D eigenvalue weighted by molar-refractivity contribution is 6.00. The van der Waals surface area contributed by atoms with Gasteiger partial charge in [-0.15, -0.1) is 0 Å². The first-order chi connectivity index (χ1) is 11.1. The van der Waals surface area contributed by atoms with Gasteiger partial charge in [-0.05, 0) is 17.7 Å². The first-order valence-electron chi connectivity index (χ1n) is 7.22. The molecule has 1 saturated heterocycles. The quantitative estimate of drug-likeness (QED) is 0.867. The molecule has 1 aromatic rings. The Balaban J connectivity index is 1.87. The highest BCUT2D eigenvalue weighted by atomic mass is 16.8. The summed E-state index contributed by atoms with van der Waals surface area (Å²) in [5, 5.41) is 19.7. The number of ether oxygens (including phenoxy) is 3. The topological polar surface area (TPSA) is 114 Å². The summed E-state index contributed by atoms with van der Waals surface area (Å²) in [6.07, 6.45) is 0. The maximum atomic E-state index is 9.92. The molecule has 3 aliphatic rings. The van der Waals surface area contributed by atoms with E-state index in [1.54, 1.807) is 19.2 Å². The number of hydrogen-bond acceptors (Lipinski definition) is 7. The summed E-state index contributed by atoms with van der Waals surface area (Å²) in [6, 6.07) is 11.7. The molecule has 2 fully saturated rings. The number of methoxy groups -OCH3 is 1. The Bertz CT molecular complexity index is 785. The molecule has 2 N–H and O–H groups in total. The molecule has 0 amide bonds. The Morgan fingerprint density at radius 3 is 2.39 bits per heavy atom. The Morgan fingerprint density at radius 2 is 1.87 bits per heavy atom. The zero-order valence-electron chi connectivity index (χ0n) is 12.4. The second-order valence-corrected chi connectivity index (χ2v) is 5.82. The number of nitriles is 2. The van der Waals surface area contributed by atoms with E-state index in [4.69, 9.17) is 19.9 Å². The van der Waals surface area contributed by atoms with E-state index in [1.165, 1.54) is 0 Å². The lowest BCUT2D eigenvalue weighted by atomic mass is 9.94. The van der Waals surface area contributed by atoms with E-state index < -0.39 is 22.7 Å². The molecule has 2 heterocycles. The molecular formula is C16H14N4O3. The van der Waals surface area contributed by atoms with Crippen molar-refractivity contribution in [2.45, 2.75) is 11.8 Å². The molecule has 2 aliphatic heterocycles. The first-order valence-corrected chi connectivity index (χ1v) is 7.22. The summed E-state index contributed by atoms with van der Waals surface area (Å²) in [4.78, 5) is 4.23. The van der Waals surface area contributed by atoms with Gasteiger partial charge in [0.2, 0.25) is 0 Å². The van der Waals surface area contributed by atoms with Crippen molar-refractivity contribution in [3.63, 3.8) is 0 Å². The molecule has 1 saturated carbocycles. The van der Waals surface area contributed by atoms with Crippen LogP contribution in [0.25, 0.3) is 0 Å². The normalized spacial score (nSPS) is 36.0. The lowest BCUT2D eigenvalue weighted by Gasteiger charge is -2.25. The summed E-state index contributed by atoms with van der Waals surface area (Å²) < 4.78 is 16.5. The third-order valence-corrected chi connectivity index (χ3v) is 5.06. The van der Waals surface area contributed by atoms with Crippen LogP contribution in [0.4, 0.5) is 0 Å². The number of nitrogens with zero attached hydrogens (tertiary/aromatic N) is 3. The molecule has 1 aromatic carbocycles. The predicted molar refractivity (Wildman–Crippen MR) is 78.1 cm³/mol. The Morgan fingerprint density at radius 1 is 1.22 bits per heavy atom. The SMILES string of the molecule is COc1ccc([C@@H]2[C@]3(C#N)C(N)=NC4(OCCO4)[C@]23C#N)cc1. The van der Waals surface area contributed by atoms with Crippen molar-refractivity contribution in [2.24, 2.45) is 21.6 Å². The molecule has 7 nitrogen and oxygen atoms in total. The monoisotopic (exact) mass is 310 g/mol. The minimum Gasteiger partial charge on any atom is -0.497 e. The van der Waals surface area contributed by atoms with Crippen molar-refractivity contribution in [3.8, 4) is 17.9 Å². The molecule has 0 bridgehead atoms. The maximum Gasteiger partial charge on any atom is 0.293 e. The van der Waals surface area contributed by atoms with Crippen LogP contribution in [0, 0.1) is 33.5 Å². The molecule has 3 atom stereocenters. The predicted octanol–water partition coefficient (Wildman–Crippen LogP) is 0.884. The number of amidine groups is 1. The van der Waals surface area contributed by atoms with Crippen molar-refractivity contribution in [3.05, 3.63) is 29.8 Å². The lowest BCUT2D eigenvalue weighted by Crippen LogP contribution is -2.38. The van der Waals surface area contributed by atoms with Crippen LogP contribution < -0.4 is 10.5 Å². The fourth-order valence-electron chi connectivity index (χ4n) is 4.01. The lowest BCUT2D eigenvalue weighted by molar-refractivity contribution is -0.184. The zero-order valence-corrected chi connectivity index (χ0v) is 12.4. The number of fused-ring (bicyclic) bond motifs is 2. The Hall–Kier alpha value is -2.61. The number of hydrogen-bond donors (Lipinski definition) is 1. The maximum absolute atomic E-state index is 9.92. The van der Waals surface area contributed by atoms with Gasteiger partial charge in [0.05, 0.1) is 32.5 Å². The molecule has 1 aliphatic carbocycles. The van der Waals surface area contributed by atoms with Crippen molar-refractivity contribution < 1.29 is 14.2 Å². The number of nitrogens with two attached hydrogens (primary N) is 1. The van der Waals surface area contributed by atoms with E-state index in [0.717, 1.165) is 5.56 Å². The summed E-state index contributed by atoms with van der Waals surface area (Å²) in [5.41, 5.74) is 4.39. The summed E-state index contributed by atoms with van der Waals surface area (Å²) in [7, 11) is 1.58. The van der Waals surface area contributed by atoms with E-state index in [9.17, 15) is 10.5 Å². The van der Waals surface area contributed by atoms with Gasteiger partial charge in [-0.2, -0.15) is 10.5 Å². The van der Waals surface area contributed by atoms with Crippen molar-refractivity contribution in [1.82, 2.24) is 0 Å². The molecule has 116 valence electrons. The minimum absolute atomic E-state index is 0.101. The van der Waals surface area contributed by atoms with Gasteiger partial charge in [0.25, 0.3) is 5.91 Å². The van der Waals surface area contributed by atoms with Gasteiger partial charge < -0.3 is 19.9 Å². The third-order valence-electron chi connectivity index (χ3n) is 5.06. The van der Waals surface area contributed by atoms with Crippen LogP contribution in [-0.4, -0.2) is 32.1 Å². The van der Waals surface area contributed by atoms with E-state index in [1.807, 2.05) is 12.1 Å². The smallest absolute Gasteiger partial charge is 0.293 e. The molecule has 4 rings (SSSR count). The van der Waals surface area contributed by atoms with Gasteiger partial charge in [-0.25, -0.2) is 4.99 Å². The van der Waals surface area contributed by atoms with Gasteiger partial charge in [-0.3, -0.25) is 0 Å². The van der Waals surface area contributed by atoms with Gasteiger partial charge >= 0.3 is 0 Å².